The first-order valence-corrected chi connectivity index (χ1v) is 6.77. The Hall–Kier alpha value is -2.41. The zero-order chi connectivity index (χ0) is 14.9. The van der Waals surface area contributed by atoms with Gasteiger partial charge < -0.3 is 15.2 Å². The molecule has 0 unspecified atom stereocenters. The maximum atomic E-state index is 11.0. The number of carbonyl (C=O) groups is 1. The van der Waals surface area contributed by atoms with Crippen LogP contribution in [0.25, 0.3) is 0 Å². The van der Waals surface area contributed by atoms with Crippen molar-refractivity contribution >= 4 is 5.97 Å². The molecular formula is C14H18N4O3. The van der Waals surface area contributed by atoms with Crippen molar-refractivity contribution in [2.24, 2.45) is 0 Å². The number of nitrogens with zero attached hydrogens (tertiary/aromatic N) is 3. The summed E-state index contributed by atoms with van der Waals surface area (Å²) in [5.74, 6) is -0.583. The van der Waals surface area contributed by atoms with E-state index in [0.717, 1.165) is 19.5 Å². The van der Waals surface area contributed by atoms with Crippen LogP contribution in [0.4, 0.5) is 0 Å². The summed E-state index contributed by atoms with van der Waals surface area (Å²) in [4.78, 5) is 11.0. The minimum absolute atomic E-state index is 0.184. The largest absolute Gasteiger partial charge is 0.491 e. The number of ether oxygens (including phenoxy) is 1. The number of benzene rings is 1. The minimum atomic E-state index is -0.980. The molecule has 0 saturated carbocycles. The molecule has 0 atom stereocenters. The predicted octanol–water partition coefficient (Wildman–Crippen LogP) is 1.03. The van der Waals surface area contributed by atoms with Gasteiger partial charge in [-0.2, -0.15) is 0 Å². The molecule has 0 aliphatic rings. The van der Waals surface area contributed by atoms with Gasteiger partial charge in [0.15, 0.2) is 0 Å². The molecule has 1 aromatic heterocycles. The van der Waals surface area contributed by atoms with Gasteiger partial charge in [-0.1, -0.05) is 17.3 Å². The van der Waals surface area contributed by atoms with Gasteiger partial charge in [0.2, 0.25) is 0 Å². The fourth-order valence-electron chi connectivity index (χ4n) is 1.85. The molecule has 0 amide bonds. The number of nitrogens with one attached hydrogen (secondary N) is 1. The van der Waals surface area contributed by atoms with Crippen LogP contribution in [0.15, 0.2) is 36.7 Å². The maximum absolute atomic E-state index is 11.0. The second-order valence-electron chi connectivity index (χ2n) is 4.42. The number of para-hydroxylation sites is 1. The van der Waals surface area contributed by atoms with E-state index in [9.17, 15) is 4.79 Å². The summed E-state index contributed by atoms with van der Waals surface area (Å²) in [6, 6.07) is 6.63. The van der Waals surface area contributed by atoms with Gasteiger partial charge in [0.05, 0.1) is 6.20 Å². The summed E-state index contributed by atoms with van der Waals surface area (Å²) in [6.45, 7) is 2.73. The first kappa shape index (κ1) is 15.0. The van der Waals surface area contributed by atoms with Gasteiger partial charge in [-0.3, -0.25) is 4.68 Å². The highest BCUT2D eigenvalue weighted by molar-refractivity contribution is 5.90. The summed E-state index contributed by atoms with van der Waals surface area (Å²) in [7, 11) is 0. The number of hydrogen-bond acceptors (Lipinski definition) is 5. The molecule has 7 nitrogen and oxygen atoms in total. The van der Waals surface area contributed by atoms with Crippen molar-refractivity contribution in [1.29, 1.82) is 0 Å². The Balaban J connectivity index is 1.60. The van der Waals surface area contributed by atoms with Gasteiger partial charge >= 0.3 is 5.97 Å². The molecule has 0 saturated heterocycles. The first-order valence-electron chi connectivity index (χ1n) is 6.77. The molecule has 112 valence electrons. The highest BCUT2D eigenvalue weighted by atomic mass is 16.5. The summed E-state index contributed by atoms with van der Waals surface area (Å²) >= 11 is 0. The molecule has 0 aliphatic heterocycles. The van der Waals surface area contributed by atoms with Crippen molar-refractivity contribution in [3.63, 3.8) is 0 Å². The third-order valence-corrected chi connectivity index (χ3v) is 2.87. The Morgan fingerprint density at radius 2 is 2.19 bits per heavy atom. The highest BCUT2D eigenvalue weighted by Gasteiger charge is 2.09. The van der Waals surface area contributed by atoms with E-state index >= 15 is 0 Å². The standard InChI is InChI=1S/C14H18N4O3/c19-14(20)12-4-1-2-5-13(12)21-11-8-15-6-3-9-18-10-7-16-17-18/h1-2,4-5,7,10,15H,3,6,8-9,11H2,(H,19,20). The summed E-state index contributed by atoms with van der Waals surface area (Å²) in [5.41, 5.74) is 0.184. The zero-order valence-electron chi connectivity index (χ0n) is 11.6. The molecule has 2 aromatic rings. The van der Waals surface area contributed by atoms with Crippen molar-refractivity contribution < 1.29 is 14.6 Å². The normalized spacial score (nSPS) is 10.5. The molecule has 2 rings (SSSR count). The second-order valence-corrected chi connectivity index (χ2v) is 4.42. The molecule has 0 spiro atoms. The average Bonchev–Trinajstić information content (AvgIpc) is 3.00. The highest BCUT2D eigenvalue weighted by Crippen LogP contribution is 2.17. The Morgan fingerprint density at radius 3 is 2.95 bits per heavy atom. The van der Waals surface area contributed by atoms with Crippen LogP contribution in [0, 0.1) is 0 Å². The number of carboxylic acid groups (broad SMARTS) is 1. The van der Waals surface area contributed by atoms with Gasteiger partial charge in [-0.05, 0) is 25.1 Å². The van der Waals surface area contributed by atoms with E-state index in [2.05, 4.69) is 15.6 Å². The average molecular weight is 290 g/mol. The van der Waals surface area contributed by atoms with E-state index in [1.165, 1.54) is 6.07 Å². The van der Waals surface area contributed by atoms with E-state index in [-0.39, 0.29) is 5.56 Å². The predicted molar refractivity (Wildman–Crippen MR) is 76.4 cm³/mol. The van der Waals surface area contributed by atoms with Crippen LogP contribution in [0.3, 0.4) is 0 Å². The summed E-state index contributed by atoms with van der Waals surface area (Å²) in [6.07, 6.45) is 4.42. The lowest BCUT2D eigenvalue weighted by Crippen LogP contribution is -2.23. The fraction of sp³-hybridized carbons (Fsp3) is 0.357. The van der Waals surface area contributed by atoms with E-state index in [1.54, 1.807) is 29.1 Å². The smallest absolute Gasteiger partial charge is 0.339 e. The van der Waals surface area contributed by atoms with E-state index in [1.807, 2.05) is 6.20 Å². The Kier molecular flexibility index (Phi) is 5.71. The monoisotopic (exact) mass is 290 g/mol. The number of carboxylic acids is 1. The Labute approximate surface area is 122 Å². The second kappa shape index (κ2) is 8.01. The third kappa shape index (κ3) is 4.88. The Morgan fingerprint density at radius 1 is 1.33 bits per heavy atom. The Bertz CT molecular complexity index is 557. The molecule has 21 heavy (non-hydrogen) atoms. The first-order chi connectivity index (χ1) is 10.3. The van der Waals surface area contributed by atoms with Crippen molar-refractivity contribution in [3.05, 3.63) is 42.2 Å². The van der Waals surface area contributed by atoms with Crippen LogP contribution < -0.4 is 10.1 Å². The number of hydrogen-bond donors (Lipinski definition) is 2. The topological polar surface area (TPSA) is 89.3 Å². The number of aryl methyl sites for hydroxylation is 1. The molecule has 1 heterocycles. The number of rotatable bonds is 9. The van der Waals surface area contributed by atoms with E-state index < -0.39 is 5.97 Å². The number of aromatic carboxylic acids is 1. The van der Waals surface area contributed by atoms with Crippen LogP contribution in [0.5, 0.6) is 5.75 Å². The molecule has 0 radical (unpaired) electrons. The van der Waals surface area contributed by atoms with Gasteiger partial charge in [-0.15, -0.1) is 5.10 Å². The molecular weight excluding hydrogens is 272 g/mol. The van der Waals surface area contributed by atoms with Crippen LogP contribution >= 0.6 is 0 Å². The van der Waals surface area contributed by atoms with Crippen molar-refractivity contribution in [1.82, 2.24) is 20.3 Å². The van der Waals surface area contributed by atoms with Crippen LogP contribution in [0.2, 0.25) is 0 Å². The van der Waals surface area contributed by atoms with Gasteiger partial charge in [0, 0.05) is 19.3 Å². The van der Waals surface area contributed by atoms with Crippen molar-refractivity contribution in [2.75, 3.05) is 19.7 Å². The minimum Gasteiger partial charge on any atom is -0.491 e. The molecule has 0 bridgehead atoms. The molecule has 7 heteroatoms. The third-order valence-electron chi connectivity index (χ3n) is 2.87. The lowest BCUT2D eigenvalue weighted by molar-refractivity contribution is 0.0692. The number of aromatic nitrogens is 3. The lowest BCUT2D eigenvalue weighted by atomic mass is 10.2. The van der Waals surface area contributed by atoms with Crippen LogP contribution in [-0.4, -0.2) is 45.8 Å². The van der Waals surface area contributed by atoms with E-state index in [4.69, 9.17) is 9.84 Å². The lowest BCUT2D eigenvalue weighted by Gasteiger charge is -2.09. The van der Waals surface area contributed by atoms with Gasteiger partial charge in [0.25, 0.3) is 0 Å². The van der Waals surface area contributed by atoms with Crippen LogP contribution in [-0.2, 0) is 6.54 Å². The van der Waals surface area contributed by atoms with E-state index in [0.29, 0.717) is 18.9 Å². The molecule has 0 fully saturated rings. The quantitative estimate of drug-likeness (QED) is 0.671. The van der Waals surface area contributed by atoms with Crippen LogP contribution in [0.1, 0.15) is 16.8 Å². The SMILES string of the molecule is O=C(O)c1ccccc1OCCNCCCn1ccnn1. The zero-order valence-corrected chi connectivity index (χ0v) is 11.6. The molecule has 2 N–H and O–H groups in total. The van der Waals surface area contributed by atoms with Crippen molar-refractivity contribution in [2.45, 2.75) is 13.0 Å². The molecule has 0 aliphatic carbocycles. The summed E-state index contributed by atoms with van der Waals surface area (Å²) < 4.78 is 7.26. The summed E-state index contributed by atoms with van der Waals surface area (Å²) in [5, 5.41) is 19.9. The fourth-order valence-corrected chi connectivity index (χ4v) is 1.85. The van der Waals surface area contributed by atoms with Gasteiger partial charge in [-0.25, -0.2) is 4.79 Å². The molecule has 1 aromatic carbocycles. The maximum Gasteiger partial charge on any atom is 0.339 e. The van der Waals surface area contributed by atoms with Gasteiger partial charge in [0.1, 0.15) is 17.9 Å². The van der Waals surface area contributed by atoms with Crippen molar-refractivity contribution in [3.8, 4) is 5.75 Å².